The van der Waals surface area contributed by atoms with Crippen molar-refractivity contribution >= 4 is 28.8 Å². The Kier molecular flexibility index (Phi) is 7.37. The first-order chi connectivity index (χ1) is 18.0. The van der Waals surface area contributed by atoms with E-state index in [-0.39, 0.29) is 17.9 Å². The van der Waals surface area contributed by atoms with Gasteiger partial charge in [-0.1, -0.05) is 48.4 Å². The van der Waals surface area contributed by atoms with E-state index in [9.17, 15) is 9.59 Å². The van der Waals surface area contributed by atoms with E-state index in [4.69, 9.17) is 0 Å². The van der Waals surface area contributed by atoms with Crippen molar-refractivity contribution in [3.05, 3.63) is 101 Å². The third-order valence-corrected chi connectivity index (χ3v) is 7.18. The predicted molar refractivity (Wildman–Crippen MR) is 149 cm³/mol. The van der Waals surface area contributed by atoms with Gasteiger partial charge in [-0.05, 0) is 81.2 Å². The molecule has 6 nitrogen and oxygen atoms in total. The molecular weight excluding hydrogens is 460 g/mol. The minimum atomic E-state index is -0.185. The number of aryl methyl sites for hydroxylation is 1. The topological polar surface area (TPSA) is 73.5 Å². The SMILES string of the molecule is Cc1ccc([C@@H](C)NC(=O)c2ccc3c(c2)C(=CNc2ccc(CN4CCCCC4)cc2)C(=O)N3)cc1. The average molecular weight is 495 g/mol. The summed E-state index contributed by atoms with van der Waals surface area (Å²) in [4.78, 5) is 28.2. The molecule has 2 heterocycles. The van der Waals surface area contributed by atoms with Gasteiger partial charge in [-0.25, -0.2) is 0 Å². The molecule has 6 heteroatoms. The Hall–Kier alpha value is -3.90. The van der Waals surface area contributed by atoms with E-state index in [2.05, 4.69) is 33.0 Å². The Balaban J connectivity index is 1.26. The van der Waals surface area contributed by atoms with Crippen LogP contribution in [0.1, 0.15) is 64.8 Å². The predicted octanol–water partition coefficient (Wildman–Crippen LogP) is 5.88. The molecule has 0 spiro atoms. The van der Waals surface area contributed by atoms with Gasteiger partial charge >= 0.3 is 0 Å². The molecule has 0 unspecified atom stereocenters. The van der Waals surface area contributed by atoms with Crippen LogP contribution in [-0.4, -0.2) is 29.8 Å². The van der Waals surface area contributed by atoms with Crippen molar-refractivity contribution in [3.63, 3.8) is 0 Å². The first-order valence-corrected chi connectivity index (χ1v) is 13.1. The third kappa shape index (κ3) is 5.92. The quantitative estimate of drug-likeness (QED) is 0.359. The summed E-state index contributed by atoms with van der Waals surface area (Å²) in [5, 5.41) is 9.21. The van der Waals surface area contributed by atoms with E-state index in [1.165, 1.54) is 43.5 Å². The molecule has 3 N–H and O–H groups in total. The van der Waals surface area contributed by atoms with Gasteiger partial charge in [-0.2, -0.15) is 0 Å². The van der Waals surface area contributed by atoms with E-state index in [1.807, 2.05) is 50.2 Å². The number of amides is 2. The van der Waals surface area contributed by atoms with Crippen molar-refractivity contribution in [2.45, 2.75) is 45.7 Å². The zero-order valence-corrected chi connectivity index (χ0v) is 21.5. The fourth-order valence-corrected chi connectivity index (χ4v) is 4.93. The van der Waals surface area contributed by atoms with E-state index < -0.39 is 0 Å². The molecule has 0 bridgehead atoms. The average Bonchev–Trinajstić information content (AvgIpc) is 3.23. The van der Waals surface area contributed by atoms with Gasteiger partial charge in [0.2, 0.25) is 0 Å². The summed E-state index contributed by atoms with van der Waals surface area (Å²) >= 11 is 0. The molecule has 2 amide bonds. The Bertz CT molecular complexity index is 1310. The Labute approximate surface area is 218 Å². The summed E-state index contributed by atoms with van der Waals surface area (Å²) in [5.74, 6) is -0.360. The second kappa shape index (κ2) is 11.0. The number of likely N-dealkylation sites (tertiary alicyclic amines) is 1. The first-order valence-electron chi connectivity index (χ1n) is 13.1. The second-order valence-electron chi connectivity index (χ2n) is 10.1. The van der Waals surface area contributed by atoms with Crippen molar-refractivity contribution in [3.8, 4) is 0 Å². The summed E-state index contributed by atoms with van der Waals surface area (Å²) in [7, 11) is 0. The number of benzene rings is 3. The smallest absolute Gasteiger partial charge is 0.257 e. The van der Waals surface area contributed by atoms with Gasteiger partial charge in [0, 0.05) is 35.2 Å². The standard InChI is InChI=1S/C31H34N4O2/c1-21-6-10-24(11-7-21)22(2)33-30(36)25-12-15-29-27(18-25)28(31(37)34-29)19-32-26-13-8-23(9-14-26)20-35-16-4-3-5-17-35/h6-15,18-19,22,32H,3-5,16-17,20H2,1-2H3,(H,33,36)(H,34,37)/t22-/m1/s1. The van der Waals surface area contributed by atoms with Crippen LogP contribution in [0.3, 0.4) is 0 Å². The fourth-order valence-electron chi connectivity index (χ4n) is 4.93. The van der Waals surface area contributed by atoms with E-state index in [0.717, 1.165) is 23.4 Å². The maximum absolute atomic E-state index is 13.0. The lowest BCUT2D eigenvalue weighted by Gasteiger charge is -2.26. The van der Waals surface area contributed by atoms with Gasteiger partial charge < -0.3 is 16.0 Å². The number of hydrogen-bond donors (Lipinski definition) is 3. The van der Waals surface area contributed by atoms with E-state index in [1.54, 1.807) is 24.4 Å². The zero-order valence-electron chi connectivity index (χ0n) is 21.5. The Morgan fingerprint density at radius 1 is 1.00 bits per heavy atom. The van der Waals surface area contributed by atoms with Crippen LogP contribution in [0.15, 0.2) is 72.9 Å². The van der Waals surface area contributed by atoms with E-state index in [0.29, 0.717) is 16.8 Å². The minimum absolute atomic E-state index is 0.129. The summed E-state index contributed by atoms with van der Waals surface area (Å²) in [6.45, 7) is 7.33. The third-order valence-electron chi connectivity index (χ3n) is 7.18. The van der Waals surface area contributed by atoms with Gasteiger partial charge in [0.25, 0.3) is 11.8 Å². The highest BCUT2D eigenvalue weighted by Crippen LogP contribution is 2.33. The number of nitrogens with one attached hydrogen (secondary N) is 3. The van der Waals surface area contributed by atoms with Crippen LogP contribution in [0.25, 0.3) is 5.57 Å². The molecule has 1 atom stereocenters. The largest absolute Gasteiger partial charge is 0.361 e. The zero-order chi connectivity index (χ0) is 25.8. The molecule has 1 saturated heterocycles. The summed E-state index contributed by atoms with van der Waals surface area (Å²) in [6, 6.07) is 21.7. The second-order valence-corrected chi connectivity index (χ2v) is 10.1. The van der Waals surface area contributed by atoms with Gasteiger partial charge in [0.1, 0.15) is 0 Å². The monoisotopic (exact) mass is 494 g/mol. The number of fused-ring (bicyclic) bond motifs is 1. The lowest BCUT2D eigenvalue weighted by atomic mass is 10.0. The van der Waals surface area contributed by atoms with Crippen molar-refractivity contribution in [2.24, 2.45) is 0 Å². The molecule has 3 aromatic carbocycles. The molecular formula is C31H34N4O2. The molecule has 0 aromatic heterocycles. The number of hydrogen-bond acceptors (Lipinski definition) is 4. The van der Waals surface area contributed by atoms with Crippen LogP contribution < -0.4 is 16.0 Å². The number of carbonyl (C=O) groups excluding carboxylic acids is 2. The molecule has 1 fully saturated rings. The number of anilines is 2. The van der Waals surface area contributed by atoms with Crippen molar-refractivity contribution in [2.75, 3.05) is 23.7 Å². The van der Waals surface area contributed by atoms with Crippen LogP contribution in [0.4, 0.5) is 11.4 Å². The van der Waals surface area contributed by atoms with Crippen LogP contribution >= 0.6 is 0 Å². The van der Waals surface area contributed by atoms with E-state index >= 15 is 0 Å². The van der Waals surface area contributed by atoms with Crippen molar-refractivity contribution in [1.82, 2.24) is 10.2 Å². The van der Waals surface area contributed by atoms with Crippen molar-refractivity contribution < 1.29 is 9.59 Å². The maximum atomic E-state index is 13.0. The number of piperidine rings is 1. The summed E-state index contributed by atoms with van der Waals surface area (Å²) < 4.78 is 0. The Morgan fingerprint density at radius 3 is 2.46 bits per heavy atom. The summed E-state index contributed by atoms with van der Waals surface area (Å²) in [5.41, 5.74) is 6.88. The van der Waals surface area contributed by atoms with Crippen molar-refractivity contribution in [1.29, 1.82) is 0 Å². The molecule has 0 saturated carbocycles. The highest BCUT2D eigenvalue weighted by molar-refractivity contribution is 6.32. The number of carbonyl (C=O) groups is 2. The first kappa shape index (κ1) is 24.8. The molecule has 190 valence electrons. The maximum Gasteiger partial charge on any atom is 0.257 e. The van der Waals surface area contributed by atoms with Crippen LogP contribution in [0, 0.1) is 6.92 Å². The molecule has 0 radical (unpaired) electrons. The van der Waals surface area contributed by atoms with Crippen LogP contribution in [0.5, 0.6) is 0 Å². The van der Waals surface area contributed by atoms with Crippen LogP contribution in [0.2, 0.25) is 0 Å². The van der Waals surface area contributed by atoms with Gasteiger partial charge in [0.05, 0.1) is 11.6 Å². The lowest BCUT2D eigenvalue weighted by Crippen LogP contribution is -2.29. The Morgan fingerprint density at radius 2 is 1.73 bits per heavy atom. The minimum Gasteiger partial charge on any atom is -0.361 e. The molecule has 5 rings (SSSR count). The van der Waals surface area contributed by atoms with Gasteiger partial charge in [-0.3, -0.25) is 14.5 Å². The molecule has 0 aliphatic carbocycles. The highest BCUT2D eigenvalue weighted by atomic mass is 16.2. The molecule has 2 aliphatic heterocycles. The molecule has 2 aliphatic rings. The molecule has 37 heavy (non-hydrogen) atoms. The fraction of sp³-hybridized carbons (Fsp3) is 0.290. The number of nitrogens with zero attached hydrogens (tertiary/aromatic N) is 1. The highest BCUT2D eigenvalue weighted by Gasteiger charge is 2.25. The van der Waals surface area contributed by atoms with Crippen LogP contribution in [-0.2, 0) is 11.3 Å². The lowest BCUT2D eigenvalue weighted by molar-refractivity contribution is -0.110. The number of rotatable bonds is 7. The van der Waals surface area contributed by atoms with Gasteiger partial charge in [-0.15, -0.1) is 0 Å². The van der Waals surface area contributed by atoms with Gasteiger partial charge in [0.15, 0.2) is 0 Å². The normalized spacial score (nSPS) is 17.2. The summed E-state index contributed by atoms with van der Waals surface area (Å²) in [6.07, 6.45) is 5.62. The molecule has 3 aromatic rings.